The van der Waals surface area contributed by atoms with E-state index in [0.717, 1.165) is 25.7 Å². The smallest absolute Gasteiger partial charge is 0.346 e. The van der Waals surface area contributed by atoms with Gasteiger partial charge in [-0.15, -0.1) is 0 Å². The van der Waals surface area contributed by atoms with E-state index in [2.05, 4.69) is 6.92 Å². The summed E-state index contributed by atoms with van der Waals surface area (Å²) in [6.07, 6.45) is 0.881. The topological polar surface area (TPSA) is 94.5 Å². The van der Waals surface area contributed by atoms with Gasteiger partial charge in [0.25, 0.3) is 0 Å². The maximum atomic E-state index is 13.1. The average molecular weight is 427 g/mol. The molecule has 0 saturated carbocycles. The third-order valence-electron chi connectivity index (χ3n) is 5.16. The van der Waals surface area contributed by atoms with Gasteiger partial charge in [0, 0.05) is 13.2 Å². The molecule has 2 N–H and O–H groups in total. The Bertz CT molecular complexity index is 598. The van der Waals surface area contributed by atoms with Crippen LogP contribution in [-0.4, -0.2) is 55.0 Å². The van der Waals surface area contributed by atoms with E-state index >= 15 is 0 Å². The second-order valence-corrected chi connectivity index (χ2v) is 7.26. The Hall–Kier alpha value is -1.67. The molecule has 172 valence electrons. The van der Waals surface area contributed by atoms with Crippen LogP contribution in [0.15, 0.2) is 24.3 Å². The van der Waals surface area contributed by atoms with Gasteiger partial charge in [0.1, 0.15) is 11.9 Å². The Morgan fingerprint density at radius 2 is 1.67 bits per heavy atom. The van der Waals surface area contributed by atoms with E-state index in [-0.39, 0.29) is 25.7 Å². The van der Waals surface area contributed by atoms with Gasteiger partial charge < -0.3 is 29.2 Å². The van der Waals surface area contributed by atoms with Crippen molar-refractivity contribution in [2.45, 2.75) is 71.4 Å². The molecule has 0 heterocycles. The normalized spacial score (nSPS) is 15.5. The number of carbonyl (C=O) groups excluding carboxylic acids is 1. The molecule has 0 aromatic heterocycles. The summed E-state index contributed by atoms with van der Waals surface area (Å²) < 4.78 is 21.6. The second kappa shape index (κ2) is 13.6. The molecule has 0 aliphatic rings. The zero-order valence-electron chi connectivity index (χ0n) is 18.9. The summed E-state index contributed by atoms with van der Waals surface area (Å²) in [4.78, 5) is 13.1. The Kier molecular flexibility index (Phi) is 11.9. The van der Waals surface area contributed by atoms with Crippen LogP contribution in [0.5, 0.6) is 5.75 Å². The lowest BCUT2D eigenvalue weighted by molar-refractivity contribution is -0.267. The maximum absolute atomic E-state index is 13.1. The first kappa shape index (κ1) is 26.4. The summed E-state index contributed by atoms with van der Waals surface area (Å²) in [7, 11) is 1.53. The Labute approximate surface area is 180 Å². The minimum atomic E-state index is -2.43. The number of hydrogen-bond donors (Lipinski definition) is 2. The zero-order valence-corrected chi connectivity index (χ0v) is 18.9. The molecule has 1 aromatic rings. The van der Waals surface area contributed by atoms with Gasteiger partial charge in [0.05, 0.1) is 13.7 Å². The van der Waals surface area contributed by atoms with Crippen molar-refractivity contribution in [1.82, 2.24) is 0 Å². The van der Waals surface area contributed by atoms with Crippen molar-refractivity contribution in [2.24, 2.45) is 5.92 Å². The molecule has 3 atom stereocenters. The van der Waals surface area contributed by atoms with E-state index in [1.165, 1.54) is 7.11 Å². The van der Waals surface area contributed by atoms with Crippen molar-refractivity contribution in [1.29, 1.82) is 0 Å². The molecule has 30 heavy (non-hydrogen) atoms. The zero-order chi connectivity index (χ0) is 22.6. The molecule has 1 rings (SSSR count). The lowest BCUT2D eigenvalue weighted by Crippen LogP contribution is -2.57. The lowest BCUT2D eigenvalue weighted by atomic mass is 9.89. The van der Waals surface area contributed by atoms with Gasteiger partial charge in [0.2, 0.25) is 5.60 Å². The Morgan fingerprint density at radius 3 is 2.13 bits per heavy atom. The highest BCUT2D eigenvalue weighted by atomic mass is 16.7. The van der Waals surface area contributed by atoms with Crippen LogP contribution in [0.2, 0.25) is 0 Å². The van der Waals surface area contributed by atoms with Crippen molar-refractivity contribution in [3.05, 3.63) is 29.8 Å². The third-order valence-corrected chi connectivity index (χ3v) is 5.16. The van der Waals surface area contributed by atoms with E-state index in [4.69, 9.17) is 18.9 Å². The molecular weight excluding hydrogens is 388 g/mol. The third kappa shape index (κ3) is 6.94. The number of aliphatic hydroxyl groups excluding tert-OH is 1. The number of ether oxygens (including phenoxy) is 4. The van der Waals surface area contributed by atoms with Gasteiger partial charge in [-0.1, -0.05) is 45.2 Å². The van der Waals surface area contributed by atoms with Crippen LogP contribution in [0.4, 0.5) is 0 Å². The summed E-state index contributed by atoms with van der Waals surface area (Å²) in [5, 5.41) is 22.4. The molecule has 3 unspecified atom stereocenters. The molecule has 0 aliphatic carbocycles. The van der Waals surface area contributed by atoms with Gasteiger partial charge in [-0.2, -0.15) is 0 Å². The quantitative estimate of drug-likeness (QED) is 0.327. The first-order valence-corrected chi connectivity index (χ1v) is 10.8. The molecule has 0 spiro atoms. The first-order valence-electron chi connectivity index (χ1n) is 10.8. The molecule has 0 bridgehead atoms. The van der Waals surface area contributed by atoms with Crippen molar-refractivity contribution in [2.75, 3.05) is 26.9 Å². The fraction of sp³-hybridized carbons (Fsp3) is 0.696. The summed E-state index contributed by atoms with van der Waals surface area (Å²) in [5.41, 5.74) is -2.11. The predicted octanol–water partition coefficient (Wildman–Crippen LogP) is 3.62. The predicted molar refractivity (Wildman–Crippen MR) is 114 cm³/mol. The van der Waals surface area contributed by atoms with Crippen molar-refractivity contribution >= 4 is 5.97 Å². The van der Waals surface area contributed by atoms with Crippen LogP contribution in [0.1, 0.15) is 65.0 Å². The standard InChI is InChI=1S/C23H38O7/c1-6-10-11-17(7-2)16-30-21(25)23(26,22(28-8-3)29-9-4)20(24)18-12-14-19(27-5)15-13-18/h12-15,17,20,22,24,26H,6-11,16H2,1-5H3. The number of methoxy groups -OCH3 is 1. The summed E-state index contributed by atoms with van der Waals surface area (Å²) >= 11 is 0. The van der Waals surface area contributed by atoms with E-state index in [1.807, 2.05) is 6.92 Å². The molecule has 0 radical (unpaired) electrons. The monoisotopic (exact) mass is 426 g/mol. The summed E-state index contributed by atoms with van der Waals surface area (Å²) in [6.45, 7) is 8.11. The van der Waals surface area contributed by atoms with E-state index < -0.39 is 24.0 Å². The number of carbonyl (C=O) groups is 1. The molecule has 7 heteroatoms. The average Bonchev–Trinajstić information content (AvgIpc) is 2.77. The summed E-state index contributed by atoms with van der Waals surface area (Å²) in [6, 6.07) is 6.43. The summed E-state index contributed by atoms with van der Waals surface area (Å²) in [5.74, 6) is -0.188. The first-order chi connectivity index (χ1) is 14.4. The highest BCUT2D eigenvalue weighted by Gasteiger charge is 2.54. The molecule has 0 saturated heterocycles. The van der Waals surface area contributed by atoms with Crippen molar-refractivity contribution < 1.29 is 34.0 Å². The van der Waals surface area contributed by atoms with Gasteiger partial charge in [0.15, 0.2) is 6.29 Å². The maximum Gasteiger partial charge on any atom is 0.346 e. The molecule has 0 aliphatic heterocycles. The van der Waals surface area contributed by atoms with E-state index in [1.54, 1.807) is 38.1 Å². The van der Waals surface area contributed by atoms with Gasteiger partial charge in [-0.3, -0.25) is 0 Å². The van der Waals surface area contributed by atoms with Crippen LogP contribution < -0.4 is 4.74 Å². The number of unbranched alkanes of at least 4 members (excludes halogenated alkanes) is 1. The van der Waals surface area contributed by atoms with Crippen molar-refractivity contribution in [3.63, 3.8) is 0 Å². The van der Waals surface area contributed by atoms with Crippen molar-refractivity contribution in [3.8, 4) is 5.75 Å². The molecule has 7 nitrogen and oxygen atoms in total. The molecular formula is C23H38O7. The molecule has 0 amide bonds. The molecule has 0 fully saturated rings. The van der Waals surface area contributed by atoms with Gasteiger partial charge >= 0.3 is 5.97 Å². The fourth-order valence-electron chi connectivity index (χ4n) is 3.19. The Morgan fingerprint density at radius 1 is 1.07 bits per heavy atom. The van der Waals surface area contributed by atoms with E-state index in [9.17, 15) is 15.0 Å². The SMILES string of the molecule is CCCCC(CC)COC(=O)C(O)(C(OCC)OCC)C(O)c1ccc(OC)cc1. The van der Waals surface area contributed by atoms with Crippen LogP contribution >= 0.6 is 0 Å². The number of benzene rings is 1. The van der Waals surface area contributed by atoms with Gasteiger partial charge in [-0.05, 0) is 43.9 Å². The highest BCUT2D eigenvalue weighted by molar-refractivity contribution is 5.81. The second-order valence-electron chi connectivity index (χ2n) is 7.26. The van der Waals surface area contributed by atoms with Crippen LogP contribution in [0.25, 0.3) is 0 Å². The number of hydrogen-bond acceptors (Lipinski definition) is 7. The van der Waals surface area contributed by atoms with Gasteiger partial charge in [-0.25, -0.2) is 4.79 Å². The van der Waals surface area contributed by atoms with Crippen LogP contribution in [0, 0.1) is 5.92 Å². The molecule has 1 aromatic carbocycles. The largest absolute Gasteiger partial charge is 0.497 e. The fourth-order valence-corrected chi connectivity index (χ4v) is 3.19. The Balaban J connectivity index is 3.15. The number of aliphatic hydroxyl groups is 2. The number of esters is 1. The highest BCUT2D eigenvalue weighted by Crippen LogP contribution is 2.34. The minimum absolute atomic E-state index is 0.165. The number of rotatable bonds is 15. The van der Waals surface area contributed by atoms with E-state index in [0.29, 0.717) is 11.3 Å². The van der Waals surface area contributed by atoms with Crippen LogP contribution in [-0.2, 0) is 19.0 Å². The lowest BCUT2D eigenvalue weighted by Gasteiger charge is -2.37. The van der Waals surface area contributed by atoms with Crippen LogP contribution in [0.3, 0.4) is 0 Å². The minimum Gasteiger partial charge on any atom is -0.497 e.